The summed E-state index contributed by atoms with van der Waals surface area (Å²) in [6, 6.07) is 8.49. The van der Waals surface area contributed by atoms with E-state index in [0.717, 1.165) is 28.6 Å². The minimum absolute atomic E-state index is 0.0591. The Hall–Kier alpha value is -7.51. The molecule has 1 aliphatic heterocycles. The number of sulfone groups is 1. The molecule has 0 aliphatic carbocycles. The predicted molar refractivity (Wildman–Crippen MR) is 261 cm³/mol. The van der Waals surface area contributed by atoms with Gasteiger partial charge >= 0.3 is 24.3 Å². The summed E-state index contributed by atoms with van der Waals surface area (Å²) in [7, 11) is -3.96. The van der Waals surface area contributed by atoms with Crippen molar-refractivity contribution in [1.29, 1.82) is 0 Å². The second-order valence-corrected chi connectivity index (χ2v) is 20.3. The minimum atomic E-state index is -4.98. The van der Waals surface area contributed by atoms with Gasteiger partial charge in [-0.3, -0.25) is 4.79 Å². The van der Waals surface area contributed by atoms with Crippen LogP contribution in [0.2, 0.25) is 10.0 Å². The fourth-order valence-corrected chi connectivity index (χ4v) is 9.65. The summed E-state index contributed by atoms with van der Waals surface area (Å²) in [5.41, 5.74) is -3.85. The van der Waals surface area contributed by atoms with E-state index in [9.17, 15) is 62.7 Å². The molecular weight excluding hydrogens is 1130 g/mol. The van der Waals surface area contributed by atoms with Crippen molar-refractivity contribution in [1.82, 2.24) is 34.3 Å². The van der Waals surface area contributed by atoms with Gasteiger partial charge in [0.1, 0.15) is 11.3 Å². The quantitative estimate of drug-likeness (QED) is 0.0637. The van der Waals surface area contributed by atoms with E-state index in [0.29, 0.717) is 40.2 Å². The van der Waals surface area contributed by atoms with Gasteiger partial charge in [0.2, 0.25) is 29.3 Å². The van der Waals surface area contributed by atoms with Gasteiger partial charge in [0, 0.05) is 36.5 Å². The van der Waals surface area contributed by atoms with E-state index in [1.165, 1.54) is 39.3 Å². The summed E-state index contributed by atoms with van der Waals surface area (Å²) in [5, 5.41) is 24.0. The second-order valence-electron chi connectivity index (χ2n) is 15.9. The maximum atomic E-state index is 13.3. The molecule has 5 heterocycles. The molecule has 2 N–H and O–H groups in total. The average Bonchev–Trinajstić information content (AvgIpc) is 4.01. The molecule has 23 nitrogen and oxygen atoms in total. The van der Waals surface area contributed by atoms with Crippen LogP contribution in [-0.4, -0.2) is 126 Å². The Morgan fingerprint density at radius 2 is 1.53 bits per heavy atom. The van der Waals surface area contributed by atoms with Crippen molar-refractivity contribution in [2.45, 2.75) is 61.8 Å². The van der Waals surface area contributed by atoms with Crippen molar-refractivity contribution in [3.05, 3.63) is 92.7 Å². The molecule has 0 bridgehead atoms. The topological polar surface area (TPSA) is 287 Å². The SMILES string of the molecule is CCOC(=O)C1=NN(c2ccc(Cl)cc2Cl)C(C)(C(=O)OCC)C1.COc1cc(OC)n2nc(NS(=O)(=O)c3c(C(F)(F)F)ccnc3OC)nc2n1.Cc1nn(C)c(O)c1C(=O)c1ccc(C(F)(F)F)cc1S(C)(=O)=O. The number of nitrogens with one attached hydrogen (secondary N) is 1. The lowest BCUT2D eigenvalue weighted by atomic mass is 9.95. The number of fused-ring (bicyclic) bond motifs is 1. The summed E-state index contributed by atoms with van der Waals surface area (Å²) >= 11 is 12.2. The predicted octanol–water partition coefficient (Wildman–Crippen LogP) is 6.90. The number of carbonyl (C=O) groups is 3. The molecule has 1 atom stereocenters. The van der Waals surface area contributed by atoms with Crippen LogP contribution >= 0.6 is 23.2 Å². The molecule has 1 aliphatic rings. The maximum Gasteiger partial charge on any atom is 0.418 e. The number of aryl methyl sites for hydroxylation is 2. The number of benzene rings is 2. The van der Waals surface area contributed by atoms with Crippen LogP contribution in [0, 0.1) is 6.92 Å². The van der Waals surface area contributed by atoms with Crippen molar-refractivity contribution >= 4 is 83.9 Å². The van der Waals surface area contributed by atoms with Crippen LogP contribution < -0.4 is 23.9 Å². The third-order valence-electron chi connectivity index (χ3n) is 10.5. The molecule has 33 heteroatoms. The van der Waals surface area contributed by atoms with E-state index >= 15 is 0 Å². The van der Waals surface area contributed by atoms with Gasteiger partial charge < -0.3 is 28.8 Å². The van der Waals surface area contributed by atoms with Crippen molar-refractivity contribution in [2.24, 2.45) is 12.1 Å². The number of anilines is 2. The largest absolute Gasteiger partial charge is 0.493 e. The number of esters is 2. The smallest absolute Gasteiger partial charge is 0.418 e. The van der Waals surface area contributed by atoms with Gasteiger partial charge in [-0.25, -0.2) is 45.8 Å². The van der Waals surface area contributed by atoms with E-state index in [-0.39, 0.29) is 54.1 Å². The standard InChI is InChI=1S/C16H18Cl2N2O4.C14H13F3N6O5S.C14H13F3N2O4S/c1-4-23-14(21)12-9-16(3,15(22)24-5-2)20(19-12)13-7-6-10(17)8-11(13)18;1-26-8-6-9(27-2)23-13(19-8)20-12(21-23)22-29(24,25)10-7(14(15,16)17)4-5-18-11(10)28-3;1-7-11(13(21)19(2)18-7)12(20)9-5-4-8(14(15,16)17)6-10(9)24(3,22)23/h6-8H,4-5,9H2,1-3H3;4-6H,1-3H3,(H,21,22);4-6,21H,1-3H3. The number of hydrogen-bond donors (Lipinski definition) is 2. The number of sulfonamides is 1. The molecule has 6 aromatic rings. The molecule has 4 aromatic heterocycles. The van der Waals surface area contributed by atoms with Crippen LogP contribution in [0.3, 0.4) is 0 Å². The lowest BCUT2D eigenvalue weighted by Gasteiger charge is -2.32. The summed E-state index contributed by atoms with van der Waals surface area (Å²) < 4.78 is 156. The van der Waals surface area contributed by atoms with E-state index in [2.05, 4.69) is 30.3 Å². The number of pyridine rings is 1. The molecule has 0 radical (unpaired) electrons. The van der Waals surface area contributed by atoms with Crippen LogP contribution in [-0.2, 0) is 58.3 Å². The lowest BCUT2D eigenvalue weighted by Crippen LogP contribution is -2.48. The van der Waals surface area contributed by atoms with E-state index in [1.54, 1.807) is 39.0 Å². The molecule has 1 unspecified atom stereocenters. The number of alkyl halides is 6. The van der Waals surface area contributed by atoms with Gasteiger partial charge in [-0.2, -0.15) is 51.0 Å². The summed E-state index contributed by atoms with van der Waals surface area (Å²) in [4.78, 5) is 46.5. The number of hydrazone groups is 1. The monoisotopic (exact) mass is 1170 g/mol. The summed E-state index contributed by atoms with van der Waals surface area (Å²) in [6.07, 6.45) is -8.19. The van der Waals surface area contributed by atoms with E-state index < -0.39 is 99.7 Å². The average molecular weight is 1170 g/mol. The summed E-state index contributed by atoms with van der Waals surface area (Å²) in [5.74, 6) is -3.71. The fourth-order valence-electron chi connectivity index (χ4n) is 7.00. The zero-order valence-electron chi connectivity index (χ0n) is 41.5. The number of ether oxygens (including phenoxy) is 5. The van der Waals surface area contributed by atoms with Crippen molar-refractivity contribution in [2.75, 3.05) is 50.5 Å². The van der Waals surface area contributed by atoms with Gasteiger partial charge in [-0.05, 0) is 70.2 Å². The highest BCUT2D eigenvalue weighted by Gasteiger charge is 2.50. The number of halogens is 8. The van der Waals surface area contributed by atoms with E-state index in [1.807, 2.05) is 4.72 Å². The molecule has 0 fully saturated rings. The third-order valence-corrected chi connectivity index (χ3v) is 13.5. The van der Waals surface area contributed by atoms with Crippen LogP contribution in [0.15, 0.2) is 69.6 Å². The number of methoxy groups -OCH3 is 3. The Labute approximate surface area is 443 Å². The second kappa shape index (κ2) is 23.4. The molecule has 0 saturated heterocycles. The number of ketones is 1. The van der Waals surface area contributed by atoms with E-state index in [4.69, 9.17) is 46.9 Å². The molecule has 2 aromatic carbocycles. The molecule has 416 valence electrons. The highest BCUT2D eigenvalue weighted by atomic mass is 35.5. The van der Waals surface area contributed by atoms with Gasteiger partial charge in [0.05, 0.1) is 73.0 Å². The first-order valence-electron chi connectivity index (χ1n) is 21.6. The Morgan fingerprint density at radius 1 is 0.870 bits per heavy atom. The Morgan fingerprint density at radius 3 is 2.06 bits per heavy atom. The number of hydrogen-bond acceptors (Lipinski definition) is 20. The fraction of sp³-hybridized carbons (Fsp3) is 0.341. The zero-order valence-corrected chi connectivity index (χ0v) is 44.7. The highest BCUT2D eigenvalue weighted by molar-refractivity contribution is 7.93. The molecule has 77 heavy (non-hydrogen) atoms. The maximum absolute atomic E-state index is 13.3. The lowest BCUT2D eigenvalue weighted by molar-refractivity contribution is -0.148. The van der Waals surface area contributed by atoms with Gasteiger partial charge in [0.25, 0.3) is 21.7 Å². The molecule has 0 saturated carbocycles. The van der Waals surface area contributed by atoms with Crippen molar-refractivity contribution in [3.63, 3.8) is 0 Å². The normalized spacial score (nSPS) is 14.6. The van der Waals surface area contributed by atoms with Gasteiger partial charge in [-0.1, -0.05) is 23.2 Å². The third kappa shape index (κ3) is 13.4. The van der Waals surface area contributed by atoms with Crippen LogP contribution in [0.1, 0.15) is 59.9 Å². The summed E-state index contributed by atoms with van der Waals surface area (Å²) in [6.45, 7) is 6.90. The molecular formula is C44H44Cl2F6N10O13S2. The molecule has 0 amide bonds. The number of aromatic hydroxyl groups is 1. The molecule has 0 spiro atoms. The number of aromatic nitrogens is 7. The van der Waals surface area contributed by atoms with Gasteiger partial charge in [-0.15, -0.1) is 5.10 Å². The Balaban J connectivity index is 0.000000215. The van der Waals surface area contributed by atoms with Crippen LogP contribution in [0.5, 0.6) is 23.5 Å². The first-order valence-corrected chi connectivity index (χ1v) is 25.7. The Kier molecular flexibility index (Phi) is 18.3. The van der Waals surface area contributed by atoms with Crippen LogP contribution in [0.25, 0.3) is 5.78 Å². The van der Waals surface area contributed by atoms with Crippen molar-refractivity contribution < 1.29 is 86.4 Å². The number of carbonyl (C=O) groups excluding carboxylic acids is 3. The first kappa shape index (κ1) is 60.4. The number of rotatable bonds is 14. The Bertz CT molecular complexity index is 3510. The van der Waals surface area contributed by atoms with Gasteiger partial charge in [0.15, 0.2) is 20.3 Å². The highest BCUT2D eigenvalue weighted by Crippen LogP contribution is 2.41. The van der Waals surface area contributed by atoms with Crippen molar-refractivity contribution in [3.8, 4) is 23.5 Å². The number of nitrogens with zero attached hydrogens (tertiary/aromatic N) is 9. The minimum Gasteiger partial charge on any atom is -0.493 e. The van der Waals surface area contributed by atoms with Crippen LogP contribution in [0.4, 0.5) is 38.0 Å². The first-order chi connectivity index (χ1) is 35.8. The zero-order chi connectivity index (χ0) is 57.7. The molecule has 7 rings (SSSR count).